The van der Waals surface area contributed by atoms with Crippen LogP contribution in [0, 0.1) is 5.92 Å². The Balaban J connectivity index is 2.28. The maximum atomic E-state index is 11.8. The Labute approximate surface area is 87.5 Å². The van der Waals surface area contributed by atoms with E-state index in [1.54, 1.807) is 18.2 Å². The van der Waals surface area contributed by atoms with Gasteiger partial charge in [0, 0.05) is 0 Å². The van der Waals surface area contributed by atoms with Crippen molar-refractivity contribution in [3.8, 4) is 0 Å². The number of carboxylic acids is 1. The molecule has 80 valence electrons. The molecule has 1 saturated carbocycles. The Morgan fingerprint density at radius 3 is 2.33 bits per heavy atom. The molecule has 0 unspecified atom stereocenters. The van der Waals surface area contributed by atoms with E-state index in [1.807, 2.05) is 0 Å². The summed E-state index contributed by atoms with van der Waals surface area (Å²) in [5.41, 5.74) is 0. The van der Waals surface area contributed by atoms with Crippen LogP contribution in [0.5, 0.6) is 0 Å². The van der Waals surface area contributed by atoms with Crippen molar-refractivity contribution >= 4 is 15.8 Å². The quantitative estimate of drug-likeness (QED) is 0.832. The Hall–Kier alpha value is -1.36. The first-order valence-corrected chi connectivity index (χ1v) is 6.10. The molecule has 1 N–H and O–H groups in total. The van der Waals surface area contributed by atoms with Crippen LogP contribution >= 0.6 is 0 Å². The minimum absolute atomic E-state index is 0.207. The second-order valence-electron chi connectivity index (χ2n) is 3.58. The summed E-state index contributed by atoms with van der Waals surface area (Å²) in [5.74, 6) is -1.75. The van der Waals surface area contributed by atoms with E-state index in [2.05, 4.69) is 0 Å². The van der Waals surface area contributed by atoms with Crippen LogP contribution in [0.3, 0.4) is 0 Å². The predicted molar refractivity (Wildman–Crippen MR) is 53.2 cm³/mol. The van der Waals surface area contributed by atoms with Crippen LogP contribution in [0.2, 0.25) is 0 Å². The average Bonchev–Trinajstić information content (AvgIpc) is 2.99. The van der Waals surface area contributed by atoms with E-state index in [1.165, 1.54) is 12.1 Å². The Morgan fingerprint density at radius 1 is 1.27 bits per heavy atom. The highest BCUT2D eigenvalue weighted by Gasteiger charge is 2.52. The molecule has 1 aliphatic rings. The molecule has 0 radical (unpaired) electrons. The molecule has 1 aromatic rings. The first-order valence-electron chi connectivity index (χ1n) is 4.55. The van der Waals surface area contributed by atoms with Gasteiger partial charge in [0.1, 0.15) is 0 Å². The average molecular weight is 226 g/mol. The van der Waals surface area contributed by atoms with Gasteiger partial charge < -0.3 is 5.11 Å². The van der Waals surface area contributed by atoms with Gasteiger partial charge in [-0.25, -0.2) is 8.42 Å². The molecule has 5 heteroatoms. The molecule has 2 rings (SSSR count). The van der Waals surface area contributed by atoms with Gasteiger partial charge in [0.15, 0.2) is 9.84 Å². The third-order valence-corrected chi connectivity index (χ3v) is 4.77. The molecule has 2 atom stereocenters. The standard InChI is InChI=1S/C10H10O4S/c11-10(12)8-6-9(8)15(13,14)7-4-2-1-3-5-7/h1-5,8-9H,6H2,(H,11,12)/t8-,9-/m1/s1. The number of benzene rings is 1. The molecule has 1 aliphatic carbocycles. The number of hydrogen-bond acceptors (Lipinski definition) is 3. The van der Waals surface area contributed by atoms with Gasteiger partial charge in [0.05, 0.1) is 16.1 Å². The van der Waals surface area contributed by atoms with Gasteiger partial charge >= 0.3 is 5.97 Å². The van der Waals surface area contributed by atoms with Crippen LogP contribution in [-0.2, 0) is 14.6 Å². The zero-order chi connectivity index (χ0) is 11.1. The lowest BCUT2D eigenvalue weighted by atomic mass is 10.4. The summed E-state index contributed by atoms with van der Waals surface area (Å²) in [5, 5.41) is 7.93. The fraction of sp³-hybridized carbons (Fsp3) is 0.300. The molecule has 0 saturated heterocycles. The van der Waals surface area contributed by atoms with Gasteiger partial charge in [-0.2, -0.15) is 0 Å². The third-order valence-electron chi connectivity index (χ3n) is 2.52. The highest BCUT2D eigenvalue weighted by atomic mass is 32.2. The van der Waals surface area contributed by atoms with Crippen molar-refractivity contribution < 1.29 is 18.3 Å². The van der Waals surface area contributed by atoms with Gasteiger partial charge in [-0.05, 0) is 18.6 Å². The van der Waals surface area contributed by atoms with Gasteiger partial charge in [-0.3, -0.25) is 4.79 Å². The van der Waals surface area contributed by atoms with Crippen molar-refractivity contribution in [3.05, 3.63) is 30.3 Å². The second kappa shape index (κ2) is 3.34. The molecule has 1 aromatic carbocycles. The number of rotatable bonds is 3. The zero-order valence-corrected chi connectivity index (χ0v) is 8.65. The lowest BCUT2D eigenvalue weighted by molar-refractivity contribution is -0.138. The summed E-state index contributed by atoms with van der Waals surface area (Å²) >= 11 is 0. The van der Waals surface area contributed by atoms with Crippen LogP contribution in [0.25, 0.3) is 0 Å². The maximum absolute atomic E-state index is 11.8. The molecule has 0 heterocycles. The van der Waals surface area contributed by atoms with E-state index in [0.717, 1.165) is 0 Å². The van der Waals surface area contributed by atoms with Crippen LogP contribution in [0.1, 0.15) is 6.42 Å². The normalized spacial score (nSPS) is 24.8. The first-order chi connectivity index (χ1) is 7.03. The molecule has 0 bridgehead atoms. The third kappa shape index (κ3) is 1.74. The van der Waals surface area contributed by atoms with Crippen molar-refractivity contribution in [1.82, 2.24) is 0 Å². The van der Waals surface area contributed by atoms with E-state index in [-0.39, 0.29) is 11.3 Å². The maximum Gasteiger partial charge on any atom is 0.307 e. The fourth-order valence-corrected chi connectivity index (χ4v) is 3.46. The van der Waals surface area contributed by atoms with Gasteiger partial charge in [-0.15, -0.1) is 0 Å². The van der Waals surface area contributed by atoms with E-state index in [0.29, 0.717) is 0 Å². The Morgan fingerprint density at radius 2 is 1.87 bits per heavy atom. The van der Waals surface area contributed by atoms with Crippen molar-refractivity contribution in [3.63, 3.8) is 0 Å². The van der Waals surface area contributed by atoms with Crippen LogP contribution in [-0.4, -0.2) is 24.7 Å². The Kier molecular flexibility index (Phi) is 2.26. The minimum Gasteiger partial charge on any atom is -0.481 e. The summed E-state index contributed by atoms with van der Waals surface area (Å²) in [6.45, 7) is 0. The van der Waals surface area contributed by atoms with E-state index < -0.39 is 27.0 Å². The lowest BCUT2D eigenvalue weighted by Crippen LogP contribution is -2.13. The molecule has 4 nitrogen and oxygen atoms in total. The molecule has 15 heavy (non-hydrogen) atoms. The molecular formula is C10H10O4S. The number of sulfone groups is 1. The number of carboxylic acid groups (broad SMARTS) is 1. The number of aliphatic carboxylic acids is 1. The largest absolute Gasteiger partial charge is 0.481 e. The van der Waals surface area contributed by atoms with Gasteiger partial charge in [0.2, 0.25) is 0 Å². The van der Waals surface area contributed by atoms with Crippen molar-refractivity contribution in [1.29, 1.82) is 0 Å². The molecule has 0 aliphatic heterocycles. The second-order valence-corrected chi connectivity index (χ2v) is 5.74. The highest BCUT2D eigenvalue weighted by molar-refractivity contribution is 7.92. The smallest absolute Gasteiger partial charge is 0.307 e. The number of carbonyl (C=O) groups is 1. The van der Waals surface area contributed by atoms with Crippen LogP contribution in [0.4, 0.5) is 0 Å². The van der Waals surface area contributed by atoms with Crippen molar-refractivity contribution in [2.75, 3.05) is 0 Å². The van der Waals surface area contributed by atoms with Gasteiger partial charge in [-0.1, -0.05) is 18.2 Å². The monoisotopic (exact) mass is 226 g/mol. The summed E-state index contributed by atoms with van der Waals surface area (Å²) in [7, 11) is -3.44. The van der Waals surface area contributed by atoms with Crippen LogP contribution < -0.4 is 0 Å². The predicted octanol–water partition coefficient (Wildman–Crippen LogP) is 0.933. The molecule has 1 fully saturated rings. The SMILES string of the molecule is O=C(O)[C@@H]1C[C@H]1S(=O)(=O)c1ccccc1. The molecular weight excluding hydrogens is 216 g/mol. The van der Waals surface area contributed by atoms with E-state index >= 15 is 0 Å². The highest BCUT2D eigenvalue weighted by Crippen LogP contribution is 2.40. The van der Waals surface area contributed by atoms with Crippen molar-refractivity contribution in [2.45, 2.75) is 16.6 Å². The summed E-state index contributed by atoms with van der Waals surface area (Å²) < 4.78 is 23.7. The van der Waals surface area contributed by atoms with E-state index in [9.17, 15) is 13.2 Å². The van der Waals surface area contributed by atoms with Gasteiger partial charge in [0.25, 0.3) is 0 Å². The minimum atomic E-state index is -3.44. The zero-order valence-electron chi connectivity index (χ0n) is 7.83. The Bertz CT molecular complexity index is 477. The molecule has 0 spiro atoms. The first kappa shape index (κ1) is 10.2. The fourth-order valence-electron chi connectivity index (χ4n) is 1.56. The number of hydrogen-bond donors (Lipinski definition) is 1. The van der Waals surface area contributed by atoms with E-state index in [4.69, 9.17) is 5.11 Å². The molecule has 0 aromatic heterocycles. The summed E-state index contributed by atoms with van der Waals surface area (Å²) in [6, 6.07) is 7.97. The van der Waals surface area contributed by atoms with Crippen LogP contribution in [0.15, 0.2) is 35.2 Å². The van der Waals surface area contributed by atoms with Crippen molar-refractivity contribution in [2.24, 2.45) is 5.92 Å². The molecule has 0 amide bonds. The topological polar surface area (TPSA) is 71.4 Å². The summed E-state index contributed by atoms with van der Waals surface area (Å²) in [6.07, 6.45) is 0.229. The summed E-state index contributed by atoms with van der Waals surface area (Å²) in [4.78, 5) is 10.8. The lowest BCUT2D eigenvalue weighted by Gasteiger charge is -2.01.